The van der Waals surface area contributed by atoms with Crippen LogP contribution in [-0.4, -0.2) is 56.4 Å². The van der Waals surface area contributed by atoms with Crippen molar-refractivity contribution in [2.45, 2.75) is 10.8 Å². The van der Waals surface area contributed by atoms with Gasteiger partial charge >= 0.3 is 10.0 Å². The van der Waals surface area contributed by atoms with E-state index in [1.54, 1.807) is 38.4 Å². The van der Waals surface area contributed by atoms with Gasteiger partial charge in [0.05, 0.1) is 6.61 Å². The zero-order chi connectivity index (χ0) is 17.6. The van der Waals surface area contributed by atoms with Crippen LogP contribution in [0.1, 0.15) is 6.42 Å². The third-order valence-electron chi connectivity index (χ3n) is 2.69. The van der Waals surface area contributed by atoms with E-state index in [-0.39, 0.29) is 4.34 Å². The van der Waals surface area contributed by atoms with Gasteiger partial charge in [-0.05, 0) is 30.7 Å². The van der Waals surface area contributed by atoms with Gasteiger partial charge in [0, 0.05) is 25.5 Å². The number of aromatic nitrogens is 2. The molecule has 0 saturated carbocycles. The van der Waals surface area contributed by atoms with Gasteiger partial charge in [0.15, 0.2) is 0 Å². The Labute approximate surface area is 150 Å². The van der Waals surface area contributed by atoms with Crippen molar-refractivity contribution in [3.05, 3.63) is 24.3 Å². The highest BCUT2D eigenvalue weighted by Crippen LogP contribution is 2.28. The van der Waals surface area contributed by atoms with Crippen LogP contribution < -0.4 is 4.74 Å². The molecule has 1 heterocycles. The molecule has 24 heavy (non-hydrogen) atoms. The number of sulfonamides is 1. The van der Waals surface area contributed by atoms with E-state index in [0.717, 1.165) is 29.1 Å². The molecule has 2 rings (SSSR count). The van der Waals surface area contributed by atoms with E-state index in [2.05, 4.69) is 14.6 Å². The first-order valence-corrected chi connectivity index (χ1v) is 9.81. The number of ether oxygens (including phenoxy) is 1. The Morgan fingerprint density at radius 3 is 2.62 bits per heavy atom. The van der Waals surface area contributed by atoms with Crippen LogP contribution >= 0.6 is 22.9 Å². The Balaban J connectivity index is 2.13. The minimum Gasteiger partial charge on any atom is -0.494 e. The highest BCUT2D eigenvalue weighted by Gasteiger charge is 2.19. The molecule has 0 unspecified atom stereocenters. The predicted octanol–water partition coefficient (Wildman–Crippen LogP) is 2.49. The topological polar surface area (TPSA) is 84.8 Å². The van der Waals surface area contributed by atoms with Crippen LogP contribution in [0.25, 0.3) is 10.6 Å². The Kier molecular flexibility index (Phi) is 6.52. The summed E-state index contributed by atoms with van der Waals surface area (Å²) in [6.07, 6.45) is 1.98. The van der Waals surface area contributed by atoms with E-state index >= 15 is 0 Å². The zero-order valence-corrected chi connectivity index (χ0v) is 15.6. The Hall–Kier alpha value is -1.71. The summed E-state index contributed by atoms with van der Waals surface area (Å²) in [6.45, 7) is 0.550. The van der Waals surface area contributed by atoms with Gasteiger partial charge in [0.1, 0.15) is 17.1 Å². The molecule has 0 N–H and O–H groups in total. The van der Waals surface area contributed by atoms with Crippen LogP contribution in [0.3, 0.4) is 0 Å². The van der Waals surface area contributed by atoms with Crippen molar-refractivity contribution in [3.8, 4) is 16.3 Å². The summed E-state index contributed by atoms with van der Waals surface area (Å²) in [7, 11) is -0.466. The van der Waals surface area contributed by atoms with Gasteiger partial charge in [-0.1, -0.05) is 11.3 Å². The molecule has 1 aromatic carbocycles. The lowest BCUT2D eigenvalue weighted by Gasteiger charge is -2.04. The molecule has 130 valence electrons. The maximum Gasteiger partial charge on any atom is 0.312 e. The number of hydrogen-bond donors (Lipinski definition) is 0. The van der Waals surface area contributed by atoms with E-state index in [1.807, 2.05) is 0 Å². The molecule has 0 saturated heterocycles. The van der Waals surface area contributed by atoms with Gasteiger partial charge in [-0.15, -0.1) is 26.2 Å². The molecule has 0 aliphatic heterocycles. The van der Waals surface area contributed by atoms with Crippen molar-refractivity contribution in [1.82, 2.24) is 15.1 Å². The standard InChI is InChI=1S/C14H17ClN4O3S2/c1-19(2)10-16-24(20,21)14-18-17-13(23-14)11-4-6-12(7-5-11)22-9-3-8-15/h4-7,10H,3,8-9H2,1-2H3. The first kappa shape index (κ1) is 18.6. The Morgan fingerprint density at radius 2 is 2.00 bits per heavy atom. The first-order chi connectivity index (χ1) is 11.4. The molecule has 7 nitrogen and oxygen atoms in total. The minimum atomic E-state index is -3.83. The Bertz CT molecular complexity index is 789. The maximum atomic E-state index is 12.0. The van der Waals surface area contributed by atoms with E-state index in [9.17, 15) is 8.42 Å². The highest BCUT2D eigenvalue weighted by molar-refractivity contribution is 7.92. The third-order valence-corrected chi connectivity index (χ3v) is 5.50. The van der Waals surface area contributed by atoms with Crippen molar-refractivity contribution in [2.24, 2.45) is 4.40 Å². The molecule has 10 heteroatoms. The highest BCUT2D eigenvalue weighted by atomic mass is 35.5. The number of rotatable bonds is 8. The average molecular weight is 389 g/mol. The van der Waals surface area contributed by atoms with Crippen molar-refractivity contribution < 1.29 is 13.2 Å². The summed E-state index contributed by atoms with van der Waals surface area (Å²) in [5, 5.41) is 8.16. The van der Waals surface area contributed by atoms with Crippen molar-refractivity contribution in [2.75, 3.05) is 26.6 Å². The number of benzene rings is 1. The second kappa shape index (κ2) is 8.41. The van der Waals surface area contributed by atoms with Crippen LogP contribution in [0.5, 0.6) is 5.75 Å². The van der Waals surface area contributed by atoms with Crippen molar-refractivity contribution in [3.63, 3.8) is 0 Å². The number of alkyl halides is 1. The van der Waals surface area contributed by atoms with E-state index in [4.69, 9.17) is 16.3 Å². The monoisotopic (exact) mass is 388 g/mol. The minimum absolute atomic E-state index is 0.141. The third kappa shape index (κ3) is 5.15. The SMILES string of the molecule is CN(C)C=NS(=O)(=O)c1nnc(-c2ccc(OCCCCl)cc2)s1. The summed E-state index contributed by atoms with van der Waals surface area (Å²) >= 11 is 6.57. The molecular weight excluding hydrogens is 372 g/mol. The zero-order valence-electron chi connectivity index (χ0n) is 13.2. The van der Waals surface area contributed by atoms with E-state index in [0.29, 0.717) is 17.5 Å². The predicted molar refractivity (Wildman–Crippen MR) is 95.5 cm³/mol. The normalized spacial score (nSPS) is 11.8. The van der Waals surface area contributed by atoms with E-state index < -0.39 is 10.0 Å². The summed E-state index contributed by atoms with van der Waals surface area (Å²) in [4.78, 5) is 1.53. The van der Waals surface area contributed by atoms with Gasteiger partial charge < -0.3 is 9.64 Å². The fourth-order valence-corrected chi connectivity index (χ4v) is 3.60. The lowest BCUT2D eigenvalue weighted by atomic mass is 10.2. The maximum absolute atomic E-state index is 12.0. The molecule has 1 aromatic heterocycles. The molecule has 0 aliphatic rings. The van der Waals surface area contributed by atoms with Crippen LogP contribution in [-0.2, 0) is 10.0 Å². The molecule has 0 bridgehead atoms. The molecular formula is C14H17ClN4O3S2. The molecule has 0 aliphatic carbocycles. The van der Waals surface area contributed by atoms with Crippen LogP contribution in [0.2, 0.25) is 0 Å². The average Bonchev–Trinajstić information content (AvgIpc) is 3.05. The summed E-state index contributed by atoms with van der Waals surface area (Å²) in [5.41, 5.74) is 0.759. The fourth-order valence-electron chi connectivity index (χ4n) is 1.57. The number of hydrogen-bond acceptors (Lipinski definition) is 6. The van der Waals surface area contributed by atoms with Gasteiger partial charge in [0.2, 0.25) is 0 Å². The molecule has 2 aromatic rings. The Morgan fingerprint density at radius 1 is 1.29 bits per heavy atom. The number of nitrogens with zero attached hydrogens (tertiary/aromatic N) is 4. The first-order valence-electron chi connectivity index (χ1n) is 7.02. The van der Waals surface area contributed by atoms with E-state index in [1.165, 1.54) is 11.2 Å². The molecule has 0 radical (unpaired) electrons. The quantitative estimate of drug-likeness (QED) is 0.299. The van der Waals surface area contributed by atoms with Gasteiger partial charge in [-0.2, -0.15) is 8.42 Å². The second-order valence-corrected chi connectivity index (χ2v) is 8.11. The summed E-state index contributed by atoms with van der Waals surface area (Å²) in [6, 6.07) is 7.19. The van der Waals surface area contributed by atoms with Crippen molar-refractivity contribution >= 4 is 39.3 Å². The summed E-state index contributed by atoms with van der Waals surface area (Å²) < 4.78 is 33.0. The molecule has 0 atom stereocenters. The summed E-state index contributed by atoms with van der Waals surface area (Å²) in [5.74, 6) is 1.27. The van der Waals surface area contributed by atoms with Gasteiger partial charge in [-0.3, -0.25) is 0 Å². The lowest BCUT2D eigenvalue weighted by Crippen LogP contribution is -2.10. The molecule has 0 spiro atoms. The lowest BCUT2D eigenvalue weighted by molar-refractivity contribution is 0.318. The number of halogens is 1. The fraction of sp³-hybridized carbons (Fsp3) is 0.357. The largest absolute Gasteiger partial charge is 0.494 e. The van der Waals surface area contributed by atoms with Crippen LogP contribution in [0.15, 0.2) is 33.0 Å². The molecule has 0 amide bonds. The molecule has 0 fully saturated rings. The smallest absolute Gasteiger partial charge is 0.312 e. The van der Waals surface area contributed by atoms with Crippen LogP contribution in [0, 0.1) is 0 Å². The van der Waals surface area contributed by atoms with Gasteiger partial charge in [0.25, 0.3) is 4.34 Å². The second-order valence-electron chi connectivity index (χ2n) is 4.95. The van der Waals surface area contributed by atoms with Crippen molar-refractivity contribution in [1.29, 1.82) is 0 Å². The van der Waals surface area contributed by atoms with Crippen LogP contribution in [0.4, 0.5) is 0 Å². The van der Waals surface area contributed by atoms with Gasteiger partial charge in [-0.25, -0.2) is 0 Å².